The fourth-order valence-corrected chi connectivity index (χ4v) is 1.57. The third-order valence-electron chi connectivity index (χ3n) is 3.28. The van der Waals surface area contributed by atoms with Crippen LogP contribution in [0, 0.1) is 5.41 Å². The van der Waals surface area contributed by atoms with Crippen LogP contribution in [0.5, 0.6) is 0 Å². The van der Waals surface area contributed by atoms with E-state index in [1.165, 1.54) is 24.0 Å². The highest BCUT2D eigenvalue weighted by atomic mass is 14.8. The molecular formula is C17H29N. The van der Waals surface area contributed by atoms with E-state index in [2.05, 4.69) is 63.9 Å². The van der Waals surface area contributed by atoms with E-state index in [0.717, 1.165) is 6.42 Å². The van der Waals surface area contributed by atoms with Gasteiger partial charge in [0.25, 0.3) is 0 Å². The first-order valence-electron chi connectivity index (χ1n) is 6.85. The number of hydrogen-bond donors (Lipinski definition) is 1. The van der Waals surface area contributed by atoms with Crippen molar-refractivity contribution >= 4 is 0 Å². The van der Waals surface area contributed by atoms with E-state index in [-0.39, 0.29) is 0 Å². The molecule has 0 saturated heterocycles. The van der Waals surface area contributed by atoms with Crippen molar-refractivity contribution in [2.24, 2.45) is 5.41 Å². The Balaban J connectivity index is 0.000000631. The molecule has 0 fully saturated rings. The van der Waals surface area contributed by atoms with Crippen LogP contribution in [0.1, 0.15) is 45.2 Å². The lowest BCUT2D eigenvalue weighted by atomic mass is 9.83. The summed E-state index contributed by atoms with van der Waals surface area (Å²) in [4.78, 5) is 0. The minimum atomic E-state index is 0.438. The van der Waals surface area contributed by atoms with Crippen LogP contribution in [0.15, 0.2) is 37.0 Å². The van der Waals surface area contributed by atoms with Crippen LogP contribution in [-0.4, -0.2) is 7.05 Å². The smallest absolute Gasteiger partial charge is 0.00275 e. The molecule has 0 radical (unpaired) electrons. The summed E-state index contributed by atoms with van der Waals surface area (Å²) in [5.41, 5.74) is 3.34. The Bertz CT molecular complexity index is 322. The molecule has 0 spiro atoms. The van der Waals surface area contributed by atoms with E-state index in [4.69, 9.17) is 0 Å². The molecule has 0 aromatic heterocycles. The van der Waals surface area contributed by atoms with Crippen molar-refractivity contribution < 1.29 is 0 Å². The van der Waals surface area contributed by atoms with Crippen LogP contribution < -0.4 is 5.32 Å². The topological polar surface area (TPSA) is 12.0 Å². The van der Waals surface area contributed by atoms with Crippen molar-refractivity contribution in [1.82, 2.24) is 5.32 Å². The van der Waals surface area contributed by atoms with Crippen LogP contribution in [0.4, 0.5) is 0 Å². The molecular weight excluding hydrogens is 218 g/mol. The van der Waals surface area contributed by atoms with Crippen molar-refractivity contribution in [1.29, 1.82) is 0 Å². The van der Waals surface area contributed by atoms with Gasteiger partial charge in [0, 0.05) is 7.05 Å². The van der Waals surface area contributed by atoms with E-state index in [0.29, 0.717) is 5.41 Å². The van der Waals surface area contributed by atoms with Crippen LogP contribution in [0.25, 0.3) is 0 Å². The minimum absolute atomic E-state index is 0.438. The second kappa shape index (κ2) is 8.79. The highest BCUT2D eigenvalue weighted by Crippen LogP contribution is 2.25. The van der Waals surface area contributed by atoms with Gasteiger partial charge in [-0.15, -0.1) is 0 Å². The van der Waals surface area contributed by atoms with Gasteiger partial charge in [0.2, 0.25) is 0 Å². The van der Waals surface area contributed by atoms with E-state index >= 15 is 0 Å². The quantitative estimate of drug-likeness (QED) is 0.803. The zero-order chi connectivity index (χ0) is 14.0. The van der Waals surface area contributed by atoms with Gasteiger partial charge in [-0.3, -0.25) is 0 Å². The second-order valence-corrected chi connectivity index (χ2v) is 5.36. The molecule has 0 heterocycles. The van der Waals surface area contributed by atoms with E-state index in [9.17, 15) is 0 Å². The van der Waals surface area contributed by atoms with Crippen LogP contribution >= 0.6 is 0 Å². The van der Waals surface area contributed by atoms with Gasteiger partial charge in [-0.2, -0.15) is 0 Å². The summed E-state index contributed by atoms with van der Waals surface area (Å²) >= 11 is 0. The van der Waals surface area contributed by atoms with Gasteiger partial charge >= 0.3 is 0 Å². The Morgan fingerprint density at radius 1 is 1.11 bits per heavy atom. The first-order chi connectivity index (χ1) is 8.49. The van der Waals surface area contributed by atoms with Gasteiger partial charge in [0.15, 0.2) is 0 Å². The first-order valence-corrected chi connectivity index (χ1v) is 6.85. The van der Waals surface area contributed by atoms with E-state index < -0.39 is 0 Å². The fraction of sp³-hybridized carbons (Fsp3) is 0.529. The standard InChI is InChI=1S/C14H22.C3H7N/c1-5-12-7-9-13(10-8-12)11-14(3,4)6-2;1-3-4-2/h7-10H,5-6,11H2,1-4H3;3-4H,1H2,2H3. The molecule has 0 bridgehead atoms. The SMILES string of the molecule is C=CNC.CCc1ccc(CC(C)(C)CC)cc1. The van der Waals surface area contributed by atoms with Crippen molar-refractivity contribution in [3.63, 3.8) is 0 Å². The van der Waals surface area contributed by atoms with Crippen LogP contribution in [-0.2, 0) is 12.8 Å². The molecule has 18 heavy (non-hydrogen) atoms. The zero-order valence-corrected chi connectivity index (χ0v) is 12.7. The molecule has 0 aliphatic carbocycles. The molecule has 0 saturated carbocycles. The molecule has 0 unspecified atom stereocenters. The van der Waals surface area contributed by atoms with Crippen LogP contribution in [0.2, 0.25) is 0 Å². The minimum Gasteiger partial charge on any atom is -0.394 e. The van der Waals surface area contributed by atoms with Crippen molar-refractivity contribution in [3.8, 4) is 0 Å². The number of rotatable bonds is 5. The average Bonchev–Trinajstić information content (AvgIpc) is 2.39. The lowest BCUT2D eigenvalue weighted by molar-refractivity contribution is 0.349. The third-order valence-corrected chi connectivity index (χ3v) is 3.28. The maximum atomic E-state index is 3.37. The highest BCUT2D eigenvalue weighted by molar-refractivity contribution is 5.23. The lowest BCUT2D eigenvalue weighted by Gasteiger charge is -2.22. The lowest BCUT2D eigenvalue weighted by Crippen LogP contribution is -2.13. The Hall–Kier alpha value is -1.24. The molecule has 1 aromatic carbocycles. The van der Waals surface area contributed by atoms with Gasteiger partial charge in [0.1, 0.15) is 0 Å². The number of nitrogens with one attached hydrogen (secondary N) is 1. The van der Waals surface area contributed by atoms with E-state index in [1.807, 2.05) is 7.05 Å². The van der Waals surface area contributed by atoms with Gasteiger partial charge in [-0.05, 0) is 35.6 Å². The molecule has 0 aliphatic heterocycles. The molecule has 1 N–H and O–H groups in total. The van der Waals surface area contributed by atoms with Crippen LogP contribution in [0.3, 0.4) is 0 Å². The normalized spacial score (nSPS) is 10.3. The van der Waals surface area contributed by atoms with Crippen molar-refractivity contribution in [2.45, 2.75) is 47.0 Å². The van der Waals surface area contributed by atoms with Crippen molar-refractivity contribution in [2.75, 3.05) is 7.05 Å². The number of hydrogen-bond acceptors (Lipinski definition) is 1. The Morgan fingerprint density at radius 3 is 1.89 bits per heavy atom. The molecule has 0 aliphatic rings. The summed E-state index contributed by atoms with van der Waals surface area (Å²) in [5.74, 6) is 0. The molecule has 1 aromatic rings. The Kier molecular flexibility index (Phi) is 8.19. The predicted octanol–water partition coefficient (Wildman–Crippen LogP) is 4.58. The molecule has 0 atom stereocenters. The largest absolute Gasteiger partial charge is 0.394 e. The Labute approximate surface area is 113 Å². The number of benzene rings is 1. The summed E-state index contributed by atoms with van der Waals surface area (Å²) in [5, 5.41) is 2.69. The monoisotopic (exact) mass is 247 g/mol. The molecule has 0 amide bonds. The molecule has 1 nitrogen and oxygen atoms in total. The molecule has 1 heteroatoms. The van der Waals surface area contributed by atoms with Gasteiger partial charge < -0.3 is 5.32 Å². The predicted molar refractivity (Wildman–Crippen MR) is 82.9 cm³/mol. The van der Waals surface area contributed by atoms with Gasteiger partial charge in [-0.1, -0.05) is 65.0 Å². The summed E-state index contributed by atoms with van der Waals surface area (Å²) in [7, 11) is 1.81. The van der Waals surface area contributed by atoms with E-state index in [1.54, 1.807) is 6.20 Å². The molecule has 102 valence electrons. The third kappa shape index (κ3) is 7.16. The van der Waals surface area contributed by atoms with Gasteiger partial charge in [0.05, 0.1) is 0 Å². The summed E-state index contributed by atoms with van der Waals surface area (Å²) in [6.07, 6.45) is 5.19. The van der Waals surface area contributed by atoms with Crippen molar-refractivity contribution in [3.05, 3.63) is 48.2 Å². The number of aryl methyl sites for hydroxylation is 1. The Morgan fingerprint density at radius 2 is 1.56 bits per heavy atom. The zero-order valence-electron chi connectivity index (χ0n) is 12.7. The summed E-state index contributed by atoms with van der Waals surface area (Å²) < 4.78 is 0. The van der Waals surface area contributed by atoms with Gasteiger partial charge in [-0.25, -0.2) is 0 Å². The molecule has 1 rings (SSSR count). The maximum absolute atomic E-state index is 3.37. The average molecular weight is 247 g/mol. The fourth-order valence-electron chi connectivity index (χ4n) is 1.57. The second-order valence-electron chi connectivity index (χ2n) is 5.36. The maximum Gasteiger partial charge on any atom is 0.00275 e. The summed E-state index contributed by atoms with van der Waals surface area (Å²) in [6, 6.07) is 9.05. The first kappa shape index (κ1) is 16.8. The highest BCUT2D eigenvalue weighted by Gasteiger charge is 2.15. The summed E-state index contributed by atoms with van der Waals surface area (Å²) in [6.45, 7) is 12.5.